The molecule has 0 spiro atoms. The van der Waals surface area contributed by atoms with Gasteiger partial charge in [0.15, 0.2) is 0 Å². The Morgan fingerprint density at radius 1 is 1.15 bits per heavy atom. The molecule has 5 heteroatoms. The fourth-order valence-electron chi connectivity index (χ4n) is 2.43. The van der Waals surface area contributed by atoms with Crippen molar-refractivity contribution in [2.75, 3.05) is 32.6 Å². The summed E-state index contributed by atoms with van der Waals surface area (Å²) in [5.41, 5.74) is 5.58. The molecule has 3 rings (SSSR count). The van der Waals surface area contributed by atoms with Gasteiger partial charge < -0.3 is 17.3 Å². The summed E-state index contributed by atoms with van der Waals surface area (Å²) in [5, 5.41) is 7.12. The Kier molecular flexibility index (Phi) is 4.57. The second kappa shape index (κ2) is 6.20. The molecule has 2 aromatic carbocycles. The molecule has 0 atom stereocenters. The van der Waals surface area contributed by atoms with E-state index in [2.05, 4.69) is 65.9 Å². The zero-order valence-corrected chi connectivity index (χ0v) is 12.6. The van der Waals surface area contributed by atoms with Crippen molar-refractivity contribution >= 4 is 22.1 Å². The van der Waals surface area contributed by atoms with Gasteiger partial charge in [-0.1, -0.05) is 24.3 Å². The summed E-state index contributed by atoms with van der Waals surface area (Å²) >= 11 is 0. The minimum Gasteiger partial charge on any atom is -1.00 e. The summed E-state index contributed by atoms with van der Waals surface area (Å²) in [4.78, 5) is 4.14. The van der Waals surface area contributed by atoms with Gasteiger partial charge in [0.1, 0.15) is 11.4 Å². The van der Waals surface area contributed by atoms with E-state index >= 15 is 0 Å². The third-order valence-electron chi connectivity index (χ3n) is 3.34. The third-order valence-corrected chi connectivity index (χ3v) is 3.34. The van der Waals surface area contributed by atoms with Crippen LogP contribution in [0.4, 0.5) is 11.4 Å². The molecule has 0 aliphatic carbocycles. The van der Waals surface area contributed by atoms with Crippen LogP contribution in [0.5, 0.6) is 0 Å². The standard InChI is InChI=1S/C15H19N4.ClH/c1-18(2)10-5-11-19-16-13-8-3-6-12-7-4-9-14(17-19)15(12)13;/h3-4,6-9H,5,10-11H2,1-2H3,(H,16,17);1H/q+1;/p-1. The van der Waals surface area contributed by atoms with Crippen molar-refractivity contribution in [3.8, 4) is 0 Å². The predicted molar refractivity (Wildman–Crippen MR) is 78.0 cm³/mol. The third kappa shape index (κ3) is 2.92. The zero-order valence-electron chi connectivity index (χ0n) is 11.8. The van der Waals surface area contributed by atoms with Crippen LogP contribution in [0.25, 0.3) is 10.8 Å². The van der Waals surface area contributed by atoms with Gasteiger partial charge in [-0.2, -0.15) is 0 Å². The van der Waals surface area contributed by atoms with Gasteiger partial charge in [0, 0.05) is 23.5 Å². The van der Waals surface area contributed by atoms with E-state index in [-0.39, 0.29) is 12.4 Å². The van der Waals surface area contributed by atoms with Gasteiger partial charge in [0.05, 0.1) is 0 Å². The summed E-state index contributed by atoms with van der Waals surface area (Å²) in [6.45, 7) is 1.97. The van der Waals surface area contributed by atoms with E-state index in [9.17, 15) is 0 Å². The average Bonchev–Trinajstić information content (AvgIpc) is 2.39. The van der Waals surface area contributed by atoms with Gasteiger partial charge in [-0.15, -0.1) is 5.43 Å². The summed E-state index contributed by atoms with van der Waals surface area (Å²) in [7, 11) is 4.19. The molecule has 0 radical (unpaired) electrons. The van der Waals surface area contributed by atoms with Crippen LogP contribution in [0.1, 0.15) is 6.42 Å². The second-order valence-electron chi connectivity index (χ2n) is 5.17. The Balaban J connectivity index is 0.00000147. The molecule has 0 aromatic heterocycles. The van der Waals surface area contributed by atoms with Crippen LogP contribution < -0.4 is 17.8 Å². The number of hydrogen-bond donors (Lipinski definition) is 1. The molecule has 20 heavy (non-hydrogen) atoms. The van der Waals surface area contributed by atoms with Crippen molar-refractivity contribution < 1.29 is 17.2 Å². The van der Waals surface area contributed by atoms with E-state index in [0.717, 1.165) is 30.9 Å². The molecule has 0 unspecified atom stereocenters. The summed E-state index contributed by atoms with van der Waals surface area (Å²) in [6.07, 6.45) is 1.08. The highest BCUT2D eigenvalue weighted by Crippen LogP contribution is 2.35. The summed E-state index contributed by atoms with van der Waals surface area (Å²) in [5.74, 6) is 0. The van der Waals surface area contributed by atoms with Crippen LogP contribution in [0.3, 0.4) is 0 Å². The molecule has 0 saturated heterocycles. The number of azo groups is 1. The number of nitrogens with one attached hydrogen (secondary N) is 1. The normalized spacial score (nSPS) is 12.8. The molecule has 4 nitrogen and oxygen atoms in total. The fourth-order valence-corrected chi connectivity index (χ4v) is 2.43. The van der Waals surface area contributed by atoms with Gasteiger partial charge in [0.2, 0.25) is 6.54 Å². The molecule has 1 aliphatic heterocycles. The van der Waals surface area contributed by atoms with Crippen molar-refractivity contribution in [2.45, 2.75) is 6.42 Å². The maximum atomic E-state index is 4.66. The quantitative estimate of drug-likeness (QED) is 0.818. The Labute approximate surface area is 125 Å². The van der Waals surface area contributed by atoms with Gasteiger partial charge >= 0.3 is 0 Å². The SMILES string of the molecule is CN(C)CCC[N+]1=Nc2cccc3cccc(c23)N1.[Cl-]. The van der Waals surface area contributed by atoms with Crippen LogP contribution in [0.15, 0.2) is 41.5 Å². The van der Waals surface area contributed by atoms with Crippen LogP contribution >= 0.6 is 0 Å². The lowest BCUT2D eigenvalue weighted by molar-refractivity contribution is -0.561. The minimum atomic E-state index is 0. The number of anilines is 1. The molecule has 0 bridgehead atoms. The van der Waals surface area contributed by atoms with E-state index in [1.807, 2.05) is 4.81 Å². The minimum absolute atomic E-state index is 0. The smallest absolute Gasteiger partial charge is 0.202 e. The monoisotopic (exact) mass is 290 g/mol. The highest BCUT2D eigenvalue weighted by molar-refractivity contribution is 6.01. The highest BCUT2D eigenvalue weighted by Gasteiger charge is 2.19. The molecule has 1 N–H and O–H groups in total. The molecule has 2 aromatic rings. The largest absolute Gasteiger partial charge is 1.00 e. The van der Waals surface area contributed by atoms with Gasteiger partial charge in [0.25, 0.3) is 0 Å². The first kappa shape index (κ1) is 14.8. The number of nitrogens with zero attached hydrogens (tertiary/aromatic N) is 3. The molecular weight excluding hydrogens is 272 g/mol. The van der Waals surface area contributed by atoms with E-state index in [4.69, 9.17) is 0 Å². The first-order chi connectivity index (χ1) is 9.24. The average molecular weight is 291 g/mol. The topological polar surface area (TPSA) is 30.6 Å². The Bertz CT molecular complexity index is 632. The van der Waals surface area contributed by atoms with Gasteiger partial charge in [-0.05, 0) is 36.4 Å². The number of hydrazine groups is 1. The van der Waals surface area contributed by atoms with Crippen LogP contribution in [-0.2, 0) is 0 Å². The summed E-state index contributed by atoms with van der Waals surface area (Å²) < 4.78 is 0. The maximum Gasteiger partial charge on any atom is 0.202 e. The van der Waals surface area contributed by atoms with Crippen LogP contribution in [0, 0.1) is 0 Å². The van der Waals surface area contributed by atoms with E-state index < -0.39 is 0 Å². The van der Waals surface area contributed by atoms with Crippen molar-refractivity contribution in [1.82, 2.24) is 4.90 Å². The van der Waals surface area contributed by atoms with Crippen molar-refractivity contribution in [2.24, 2.45) is 5.11 Å². The Hall–Kier alpha value is -1.65. The molecule has 106 valence electrons. The molecular formula is C15H19ClN4. The first-order valence-corrected chi connectivity index (χ1v) is 6.66. The predicted octanol–water partition coefficient (Wildman–Crippen LogP) is 0.232. The Morgan fingerprint density at radius 2 is 1.90 bits per heavy atom. The molecule has 1 heterocycles. The lowest BCUT2D eigenvalue weighted by Crippen LogP contribution is -3.00. The van der Waals surface area contributed by atoms with Crippen LogP contribution in [0.2, 0.25) is 0 Å². The van der Waals surface area contributed by atoms with Crippen molar-refractivity contribution in [3.63, 3.8) is 0 Å². The maximum absolute atomic E-state index is 4.66. The number of rotatable bonds is 4. The zero-order chi connectivity index (χ0) is 13.2. The van der Waals surface area contributed by atoms with Crippen molar-refractivity contribution in [1.29, 1.82) is 0 Å². The lowest BCUT2D eigenvalue weighted by atomic mass is 10.1. The van der Waals surface area contributed by atoms with Gasteiger partial charge in [-0.3, -0.25) is 0 Å². The van der Waals surface area contributed by atoms with E-state index in [0.29, 0.717) is 0 Å². The number of hydrogen-bond acceptors (Lipinski definition) is 3. The van der Waals surface area contributed by atoms with Crippen LogP contribution in [-0.4, -0.2) is 36.9 Å². The number of benzene rings is 2. The second-order valence-corrected chi connectivity index (χ2v) is 5.17. The lowest BCUT2D eigenvalue weighted by Gasteiger charge is -2.13. The van der Waals surface area contributed by atoms with E-state index in [1.165, 1.54) is 10.8 Å². The molecule has 1 aliphatic rings. The molecule has 0 amide bonds. The first-order valence-electron chi connectivity index (χ1n) is 6.66. The fraction of sp³-hybridized carbons (Fsp3) is 0.333. The molecule has 0 saturated carbocycles. The summed E-state index contributed by atoms with van der Waals surface area (Å²) in [6, 6.07) is 12.6. The molecule has 0 fully saturated rings. The van der Waals surface area contributed by atoms with Crippen molar-refractivity contribution in [3.05, 3.63) is 36.4 Å². The van der Waals surface area contributed by atoms with E-state index in [1.54, 1.807) is 0 Å². The Morgan fingerprint density at radius 3 is 2.65 bits per heavy atom. The number of halogens is 1. The highest BCUT2D eigenvalue weighted by atomic mass is 35.5. The van der Waals surface area contributed by atoms with Gasteiger partial charge in [-0.25, -0.2) is 0 Å².